The number of aryl methyl sites for hydroxylation is 2. The first-order valence-electron chi connectivity index (χ1n) is 8.89. The maximum absolute atomic E-state index is 10.3. The molecular formula is C19H28N4O2. The third kappa shape index (κ3) is 5.04. The molecule has 0 amide bonds. The Bertz CT molecular complexity index is 665. The third-order valence-corrected chi connectivity index (χ3v) is 4.74. The second-order valence-electron chi connectivity index (χ2n) is 6.76. The molecule has 1 aliphatic rings. The summed E-state index contributed by atoms with van der Waals surface area (Å²) >= 11 is 0. The Hall–Kier alpha value is -1.89. The molecule has 1 saturated heterocycles. The average Bonchev–Trinajstić information content (AvgIpc) is 3.01. The minimum atomic E-state index is -0.472. The number of hydrogen-bond donors (Lipinski definition) is 1. The number of rotatable bonds is 7. The van der Waals surface area contributed by atoms with Gasteiger partial charge in [0.25, 0.3) is 0 Å². The topological polar surface area (TPSA) is 53.8 Å². The highest BCUT2D eigenvalue weighted by Gasteiger charge is 2.20. The summed E-state index contributed by atoms with van der Waals surface area (Å²) in [5.41, 5.74) is 1.09. The van der Waals surface area contributed by atoms with Crippen LogP contribution < -0.4 is 4.74 Å². The maximum atomic E-state index is 10.3. The molecule has 0 aliphatic carbocycles. The molecule has 1 aromatic heterocycles. The highest BCUT2D eigenvalue weighted by Crippen LogP contribution is 2.16. The van der Waals surface area contributed by atoms with Gasteiger partial charge in [0.2, 0.25) is 0 Å². The lowest BCUT2D eigenvalue weighted by Gasteiger charge is -2.35. The first-order valence-corrected chi connectivity index (χ1v) is 8.89. The van der Waals surface area contributed by atoms with E-state index in [1.54, 1.807) is 0 Å². The van der Waals surface area contributed by atoms with Gasteiger partial charge in [-0.05, 0) is 18.6 Å². The lowest BCUT2D eigenvalue weighted by molar-refractivity contribution is 0.0438. The van der Waals surface area contributed by atoms with E-state index in [2.05, 4.69) is 19.4 Å². The van der Waals surface area contributed by atoms with Crippen LogP contribution in [-0.2, 0) is 13.6 Å². The van der Waals surface area contributed by atoms with Crippen molar-refractivity contribution >= 4 is 0 Å². The Balaban J connectivity index is 1.38. The van der Waals surface area contributed by atoms with Gasteiger partial charge in [-0.1, -0.05) is 18.2 Å². The minimum absolute atomic E-state index is 0.332. The zero-order chi connectivity index (χ0) is 17.6. The number of para-hydroxylation sites is 1. The Morgan fingerprint density at radius 1 is 1.16 bits per heavy atom. The van der Waals surface area contributed by atoms with Gasteiger partial charge in [0.1, 0.15) is 24.3 Å². The number of hydrogen-bond acceptors (Lipinski definition) is 5. The molecule has 25 heavy (non-hydrogen) atoms. The SMILES string of the molecule is Cc1ccccc1OC[C@@H](O)CN1CCN(Cc2nccn2C)CC1. The summed E-state index contributed by atoms with van der Waals surface area (Å²) in [4.78, 5) is 9.11. The van der Waals surface area contributed by atoms with E-state index >= 15 is 0 Å². The number of aliphatic hydroxyl groups excluding tert-OH is 1. The van der Waals surface area contributed by atoms with Crippen molar-refractivity contribution in [3.63, 3.8) is 0 Å². The standard InChI is InChI=1S/C19H28N4O2/c1-16-5-3-4-6-18(16)25-15-17(24)13-22-9-11-23(12-10-22)14-19-20-7-8-21(19)2/h3-8,17,24H,9-15H2,1-2H3/t17-/m0/s1. The van der Waals surface area contributed by atoms with Crippen LogP contribution in [0.25, 0.3) is 0 Å². The summed E-state index contributed by atoms with van der Waals surface area (Å²) in [6.07, 6.45) is 3.35. The smallest absolute Gasteiger partial charge is 0.122 e. The molecule has 1 aliphatic heterocycles. The average molecular weight is 344 g/mol. The zero-order valence-corrected chi connectivity index (χ0v) is 15.1. The van der Waals surface area contributed by atoms with E-state index in [4.69, 9.17) is 4.74 Å². The largest absolute Gasteiger partial charge is 0.491 e. The van der Waals surface area contributed by atoms with Crippen molar-refractivity contribution in [3.8, 4) is 5.75 Å². The highest BCUT2D eigenvalue weighted by molar-refractivity contribution is 5.31. The molecule has 6 nitrogen and oxygen atoms in total. The van der Waals surface area contributed by atoms with Gasteiger partial charge >= 0.3 is 0 Å². The van der Waals surface area contributed by atoms with E-state index in [1.165, 1.54) is 0 Å². The molecule has 1 aromatic carbocycles. The van der Waals surface area contributed by atoms with E-state index in [-0.39, 0.29) is 0 Å². The molecule has 0 bridgehead atoms. The van der Waals surface area contributed by atoms with Crippen LogP contribution in [0.4, 0.5) is 0 Å². The Kier molecular flexibility index (Phi) is 6.07. The van der Waals surface area contributed by atoms with E-state index in [0.29, 0.717) is 13.2 Å². The molecule has 6 heteroatoms. The lowest BCUT2D eigenvalue weighted by Crippen LogP contribution is -2.49. The van der Waals surface area contributed by atoms with Gasteiger partial charge in [0, 0.05) is 52.2 Å². The Morgan fingerprint density at radius 2 is 1.88 bits per heavy atom. The van der Waals surface area contributed by atoms with Crippen molar-refractivity contribution in [3.05, 3.63) is 48.0 Å². The van der Waals surface area contributed by atoms with Crippen LogP contribution in [0.1, 0.15) is 11.4 Å². The molecule has 2 aromatic rings. The molecule has 0 unspecified atom stereocenters. The van der Waals surface area contributed by atoms with Gasteiger partial charge in [-0.2, -0.15) is 0 Å². The van der Waals surface area contributed by atoms with Crippen molar-refractivity contribution in [2.24, 2.45) is 7.05 Å². The molecule has 3 rings (SSSR count). The molecule has 136 valence electrons. The third-order valence-electron chi connectivity index (χ3n) is 4.74. The number of ether oxygens (including phenoxy) is 1. The number of benzene rings is 1. The summed E-state index contributed by atoms with van der Waals surface area (Å²) in [6, 6.07) is 7.90. The summed E-state index contributed by atoms with van der Waals surface area (Å²) in [5, 5.41) is 10.3. The number of aromatic nitrogens is 2. The van der Waals surface area contributed by atoms with Crippen molar-refractivity contribution in [1.82, 2.24) is 19.4 Å². The summed E-state index contributed by atoms with van der Waals surface area (Å²) in [6.45, 7) is 7.81. The van der Waals surface area contributed by atoms with E-state index < -0.39 is 6.10 Å². The van der Waals surface area contributed by atoms with Crippen molar-refractivity contribution in [2.75, 3.05) is 39.3 Å². The van der Waals surface area contributed by atoms with Crippen LogP contribution in [0, 0.1) is 6.92 Å². The van der Waals surface area contributed by atoms with Crippen LogP contribution in [0.2, 0.25) is 0 Å². The Morgan fingerprint density at radius 3 is 2.56 bits per heavy atom. The zero-order valence-electron chi connectivity index (χ0n) is 15.1. The van der Waals surface area contributed by atoms with Crippen LogP contribution in [-0.4, -0.2) is 69.9 Å². The summed E-state index contributed by atoms with van der Waals surface area (Å²) < 4.78 is 7.81. The molecule has 1 N–H and O–H groups in total. The second kappa shape index (κ2) is 8.47. The predicted molar refractivity (Wildman–Crippen MR) is 97.6 cm³/mol. The van der Waals surface area contributed by atoms with Crippen LogP contribution in [0.3, 0.4) is 0 Å². The van der Waals surface area contributed by atoms with Gasteiger partial charge in [-0.3, -0.25) is 9.80 Å². The minimum Gasteiger partial charge on any atom is -0.491 e. The monoisotopic (exact) mass is 344 g/mol. The molecule has 1 fully saturated rings. The number of nitrogens with zero attached hydrogens (tertiary/aromatic N) is 4. The van der Waals surface area contributed by atoms with Gasteiger partial charge in [-0.25, -0.2) is 4.98 Å². The van der Waals surface area contributed by atoms with Gasteiger partial charge in [-0.15, -0.1) is 0 Å². The van der Waals surface area contributed by atoms with E-state index in [1.807, 2.05) is 50.6 Å². The van der Waals surface area contributed by atoms with Crippen molar-refractivity contribution < 1.29 is 9.84 Å². The summed E-state index contributed by atoms with van der Waals surface area (Å²) in [5.74, 6) is 1.95. The number of piperazine rings is 1. The molecule has 1 atom stereocenters. The second-order valence-corrected chi connectivity index (χ2v) is 6.76. The first-order chi connectivity index (χ1) is 12.1. The van der Waals surface area contributed by atoms with Crippen LogP contribution >= 0.6 is 0 Å². The lowest BCUT2D eigenvalue weighted by atomic mass is 10.2. The van der Waals surface area contributed by atoms with Gasteiger partial charge in [0.15, 0.2) is 0 Å². The molecule has 0 spiro atoms. The molecular weight excluding hydrogens is 316 g/mol. The quantitative estimate of drug-likeness (QED) is 0.820. The fourth-order valence-electron chi connectivity index (χ4n) is 3.13. The molecule has 2 heterocycles. The normalized spacial score (nSPS) is 17.6. The fraction of sp³-hybridized carbons (Fsp3) is 0.526. The highest BCUT2D eigenvalue weighted by atomic mass is 16.5. The van der Waals surface area contributed by atoms with Gasteiger partial charge in [0.05, 0.1) is 6.54 Å². The first kappa shape index (κ1) is 17.9. The van der Waals surface area contributed by atoms with Crippen molar-refractivity contribution in [2.45, 2.75) is 19.6 Å². The van der Waals surface area contributed by atoms with Crippen LogP contribution in [0.5, 0.6) is 5.75 Å². The molecule has 0 saturated carbocycles. The maximum Gasteiger partial charge on any atom is 0.122 e. The van der Waals surface area contributed by atoms with Crippen molar-refractivity contribution in [1.29, 1.82) is 0 Å². The predicted octanol–water partition coefficient (Wildman–Crippen LogP) is 1.29. The fourth-order valence-corrected chi connectivity index (χ4v) is 3.13. The number of β-amino-alcohol motifs (C(OH)–C–C–N with tert-alkyl or cyclic N) is 1. The summed E-state index contributed by atoms with van der Waals surface area (Å²) in [7, 11) is 2.03. The van der Waals surface area contributed by atoms with E-state index in [0.717, 1.165) is 49.9 Å². The molecule has 0 radical (unpaired) electrons. The van der Waals surface area contributed by atoms with Gasteiger partial charge < -0.3 is 14.4 Å². The van der Waals surface area contributed by atoms with Crippen LogP contribution in [0.15, 0.2) is 36.7 Å². The van der Waals surface area contributed by atoms with E-state index in [9.17, 15) is 5.11 Å². The number of aliphatic hydroxyl groups is 1. The Labute approximate surface area is 149 Å². The number of imidazole rings is 1.